The monoisotopic (exact) mass is 361 g/mol. The van der Waals surface area contributed by atoms with Gasteiger partial charge in [0, 0.05) is 19.5 Å². The first kappa shape index (κ1) is 20.8. The third-order valence-electron chi connectivity index (χ3n) is 2.22. The summed E-state index contributed by atoms with van der Waals surface area (Å²) >= 11 is 0. The fourth-order valence-electron chi connectivity index (χ4n) is 1.33. The van der Waals surface area contributed by atoms with Crippen LogP contribution in [0.25, 0.3) is 0 Å². The molecule has 0 spiro atoms. The van der Waals surface area contributed by atoms with Crippen LogP contribution < -0.4 is 0 Å². The standard InChI is InChI=1S/C10H19NO9S2/c1-21(15,16)19-7-5-11(6-8-20-22(2,17)18)9(12)3-4-10(13)14/h3-8H2,1-2H3,(H,13,14). The lowest BCUT2D eigenvalue weighted by molar-refractivity contribution is -0.141. The Hall–Kier alpha value is -1.24. The van der Waals surface area contributed by atoms with Crippen molar-refractivity contribution in [2.75, 3.05) is 38.8 Å². The Bertz CT molecular complexity index is 544. The number of hydrogen-bond acceptors (Lipinski definition) is 8. The Labute approximate surface area is 129 Å². The van der Waals surface area contributed by atoms with E-state index in [4.69, 9.17) is 5.11 Å². The first-order chi connectivity index (χ1) is 9.91. The van der Waals surface area contributed by atoms with Crippen molar-refractivity contribution in [3.8, 4) is 0 Å². The van der Waals surface area contributed by atoms with Crippen molar-refractivity contribution in [3.63, 3.8) is 0 Å². The van der Waals surface area contributed by atoms with Gasteiger partial charge in [0.25, 0.3) is 20.2 Å². The molecule has 0 saturated heterocycles. The van der Waals surface area contributed by atoms with E-state index >= 15 is 0 Å². The van der Waals surface area contributed by atoms with Crippen LogP contribution in [0.2, 0.25) is 0 Å². The molecule has 0 aliphatic carbocycles. The largest absolute Gasteiger partial charge is 0.481 e. The number of carbonyl (C=O) groups is 2. The zero-order valence-electron chi connectivity index (χ0n) is 12.2. The molecule has 0 unspecified atom stereocenters. The summed E-state index contributed by atoms with van der Waals surface area (Å²) in [5.41, 5.74) is 0. The van der Waals surface area contributed by atoms with Crippen LogP contribution in [0.4, 0.5) is 0 Å². The SMILES string of the molecule is CS(=O)(=O)OCCN(CCOS(C)(=O)=O)C(=O)CCC(=O)O. The van der Waals surface area contributed by atoms with E-state index in [2.05, 4.69) is 8.37 Å². The molecule has 0 aromatic rings. The molecule has 1 amide bonds. The molecule has 12 heteroatoms. The average molecular weight is 361 g/mol. The van der Waals surface area contributed by atoms with E-state index in [1.165, 1.54) is 0 Å². The van der Waals surface area contributed by atoms with Crippen molar-refractivity contribution in [1.29, 1.82) is 0 Å². The van der Waals surface area contributed by atoms with Crippen LogP contribution >= 0.6 is 0 Å². The Balaban J connectivity index is 4.53. The van der Waals surface area contributed by atoms with Gasteiger partial charge in [-0.15, -0.1) is 0 Å². The Morgan fingerprint density at radius 3 is 1.64 bits per heavy atom. The molecule has 0 aromatic heterocycles. The molecule has 0 atom stereocenters. The predicted octanol–water partition coefficient (Wildman–Crippen LogP) is -1.37. The first-order valence-corrected chi connectivity index (χ1v) is 9.72. The van der Waals surface area contributed by atoms with E-state index in [0.29, 0.717) is 0 Å². The summed E-state index contributed by atoms with van der Waals surface area (Å²) in [5, 5.41) is 8.53. The lowest BCUT2D eigenvalue weighted by Gasteiger charge is -2.21. The summed E-state index contributed by atoms with van der Waals surface area (Å²) in [7, 11) is -7.35. The molecule has 0 aliphatic rings. The number of aliphatic carboxylic acids is 1. The van der Waals surface area contributed by atoms with Crippen LogP contribution in [0.5, 0.6) is 0 Å². The zero-order chi connectivity index (χ0) is 17.4. The molecular formula is C10H19NO9S2. The number of hydrogen-bond donors (Lipinski definition) is 1. The van der Waals surface area contributed by atoms with Gasteiger partial charge in [-0.3, -0.25) is 18.0 Å². The highest BCUT2D eigenvalue weighted by atomic mass is 32.2. The van der Waals surface area contributed by atoms with Crippen molar-refractivity contribution in [2.24, 2.45) is 0 Å². The Morgan fingerprint density at radius 2 is 1.32 bits per heavy atom. The van der Waals surface area contributed by atoms with E-state index in [0.717, 1.165) is 17.4 Å². The Morgan fingerprint density at radius 1 is 0.909 bits per heavy atom. The van der Waals surface area contributed by atoms with Crippen molar-refractivity contribution >= 4 is 32.1 Å². The van der Waals surface area contributed by atoms with Crippen molar-refractivity contribution in [2.45, 2.75) is 12.8 Å². The fourth-order valence-corrected chi connectivity index (χ4v) is 2.09. The van der Waals surface area contributed by atoms with Gasteiger partial charge in [0.1, 0.15) is 0 Å². The summed E-state index contributed by atoms with van der Waals surface area (Å²) < 4.78 is 52.3. The number of carboxylic acids is 1. The number of carbonyl (C=O) groups excluding carboxylic acids is 1. The minimum atomic E-state index is -3.67. The summed E-state index contributed by atoms with van der Waals surface area (Å²) in [6.07, 6.45) is 0.995. The molecule has 0 aromatic carbocycles. The van der Waals surface area contributed by atoms with Gasteiger partial charge in [0.15, 0.2) is 0 Å². The average Bonchev–Trinajstić information content (AvgIpc) is 2.31. The second-order valence-electron chi connectivity index (χ2n) is 4.33. The third-order valence-corrected chi connectivity index (χ3v) is 3.41. The highest BCUT2D eigenvalue weighted by Crippen LogP contribution is 2.01. The van der Waals surface area contributed by atoms with Gasteiger partial charge < -0.3 is 10.0 Å². The third kappa shape index (κ3) is 12.5. The summed E-state index contributed by atoms with van der Waals surface area (Å²) in [5.74, 6) is -1.73. The second-order valence-corrected chi connectivity index (χ2v) is 7.61. The van der Waals surface area contributed by atoms with E-state index in [-0.39, 0.29) is 32.7 Å². The lowest BCUT2D eigenvalue weighted by Crippen LogP contribution is -2.37. The van der Waals surface area contributed by atoms with Crippen LogP contribution in [0.15, 0.2) is 0 Å². The van der Waals surface area contributed by atoms with E-state index in [1.807, 2.05) is 0 Å². The molecule has 130 valence electrons. The maximum atomic E-state index is 11.8. The quantitative estimate of drug-likeness (QED) is 0.441. The van der Waals surface area contributed by atoms with Gasteiger partial charge in [-0.05, 0) is 0 Å². The Kier molecular flexibility index (Phi) is 8.52. The summed E-state index contributed by atoms with van der Waals surface area (Å²) in [4.78, 5) is 23.3. The van der Waals surface area contributed by atoms with Crippen LogP contribution in [-0.2, 0) is 38.2 Å². The molecule has 0 radical (unpaired) electrons. The molecule has 10 nitrogen and oxygen atoms in total. The van der Waals surface area contributed by atoms with Crippen LogP contribution in [-0.4, -0.2) is 77.5 Å². The van der Waals surface area contributed by atoms with Gasteiger partial charge in [0.05, 0.1) is 32.1 Å². The predicted molar refractivity (Wildman–Crippen MR) is 75.0 cm³/mol. The minimum Gasteiger partial charge on any atom is -0.481 e. The number of carboxylic acid groups (broad SMARTS) is 1. The lowest BCUT2D eigenvalue weighted by atomic mass is 10.2. The molecule has 0 bridgehead atoms. The molecular weight excluding hydrogens is 342 g/mol. The molecule has 0 saturated carbocycles. The highest BCUT2D eigenvalue weighted by Gasteiger charge is 2.16. The molecule has 0 fully saturated rings. The maximum Gasteiger partial charge on any atom is 0.303 e. The van der Waals surface area contributed by atoms with Crippen LogP contribution in [0.3, 0.4) is 0 Å². The van der Waals surface area contributed by atoms with Crippen LogP contribution in [0, 0.1) is 0 Å². The fraction of sp³-hybridized carbons (Fsp3) is 0.800. The molecule has 1 N–H and O–H groups in total. The van der Waals surface area contributed by atoms with Gasteiger partial charge in [0.2, 0.25) is 5.91 Å². The molecule has 0 heterocycles. The number of nitrogens with zero attached hydrogens (tertiary/aromatic N) is 1. The highest BCUT2D eigenvalue weighted by molar-refractivity contribution is 7.86. The molecule has 0 rings (SSSR count). The zero-order valence-corrected chi connectivity index (χ0v) is 13.9. The topological polar surface area (TPSA) is 144 Å². The number of amides is 1. The summed E-state index contributed by atoms with van der Waals surface area (Å²) in [6, 6.07) is 0. The second kappa shape index (κ2) is 9.02. The van der Waals surface area contributed by atoms with Gasteiger partial charge in [-0.2, -0.15) is 16.8 Å². The first-order valence-electron chi connectivity index (χ1n) is 6.09. The normalized spacial score (nSPS) is 12.1. The number of rotatable bonds is 11. The van der Waals surface area contributed by atoms with Gasteiger partial charge in [-0.1, -0.05) is 0 Å². The smallest absolute Gasteiger partial charge is 0.303 e. The van der Waals surface area contributed by atoms with Gasteiger partial charge in [-0.25, -0.2) is 0 Å². The maximum absolute atomic E-state index is 11.8. The molecule has 22 heavy (non-hydrogen) atoms. The van der Waals surface area contributed by atoms with E-state index in [9.17, 15) is 26.4 Å². The van der Waals surface area contributed by atoms with Crippen molar-refractivity contribution in [1.82, 2.24) is 4.90 Å². The van der Waals surface area contributed by atoms with Gasteiger partial charge >= 0.3 is 5.97 Å². The van der Waals surface area contributed by atoms with Crippen molar-refractivity contribution < 1.29 is 39.9 Å². The van der Waals surface area contributed by atoms with Crippen LogP contribution in [0.1, 0.15) is 12.8 Å². The minimum absolute atomic E-state index is 0.140. The van der Waals surface area contributed by atoms with Crippen molar-refractivity contribution in [3.05, 3.63) is 0 Å². The molecule has 0 aliphatic heterocycles. The van der Waals surface area contributed by atoms with E-state index in [1.54, 1.807) is 0 Å². The summed E-state index contributed by atoms with van der Waals surface area (Å²) in [6.45, 7) is -0.926. The van der Waals surface area contributed by atoms with E-state index < -0.39 is 38.5 Å².